The normalized spacial score (nSPS) is 22.4. The lowest BCUT2D eigenvalue weighted by atomic mass is 9.79. The van der Waals surface area contributed by atoms with Gasteiger partial charge >= 0.3 is 0 Å². The van der Waals surface area contributed by atoms with Crippen LogP contribution in [0.4, 0.5) is 5.69 Å². The van der Waals surface area contributed by atoms with Gasteiger partial charge in [0.1, 0.15) is 5.01 Å². The summed E-state index contributed by atoms with van der Waals surface area (Å²) < 4.78 is 0. The maximum absolute atomic E-state index is 4.39. The maximum Gasteiger partial charge on any atom is 0.123 e. The fourth-order valence-corrected chi connectivity index (χ4v) is 3.91. The third-order valence-electron chi connectivity index (χ3n) is 4.63. The Morgan fingerprint density at radius 1 is 1.19 bits per heavy atom. The van der Waals surface area contributed by atoms with Crippen molar-refractivity contribution in [2.45, 2.75) is 45.6 Å². The number of nitrogens with zero attached hydrogens (tertiary/aromatic N) is 1. The molecule has 3 heteroatoms. The van der Waals surface area contributed by atoms with Gasteiger partial charge in [-0.2, -0.15) is 0 Å². The van der Waals surface area contributed by atoms with Crippen molar-refractivity contribution in [2.75, 3.05) is 5.32 Å². The molecule has 0 unspecified atom stereocenters. The van der Waals surface area contributed by atoms with Crippen molar-refractivity contribution in [3.8, 4) is 10.6 Å². The molecular formula is C18H24N2S. The quantitative estimate of drug-likeness (QED) is 0.813. The highest BCUT2D eigenvalue weighted by atomic mass is 32.1. The van der Waals surface area contributed by atoms with Gasteiger partial charge in [-0.05, 0) is 49.7 Å². The minimum absolute atomic E-state index is 0.631. The van der Waals surface area contributed by atoms with E-state index in [-0.39, 0.29) is 0 Å². The molecule has 0 atom stereocenters. The number of rotatable bonds is 4. The molecule has 1 fully saturated rings. The SMILES string of the molecule is CC(C)C1CCC(Nc2cccc(-c3nccs3)c2)CC1. The molecule has 1 aliphatic carbocycles. The van der Waals surface area contributed by atoms with Crippen LogP contribution in [0.15, 0.2) is 35.8 Å². The number of hydrogen-bond donors (Lipinski definition) is 1. The van der Waals surface area contributed by atoms with Crippen LogP contribution in [-0.4, -0.2) is 11.0 Å². The van der Waals surface area contributed by atoms with Gasteiger partial charge in [0.2, 0.25) is 0 Å². The molecule has 2 aromatic rings. The van der Waals surface area contributed by atoms with Crippen molar-refractivity contribution in [1.29, 1.82) is 0 Å². The van der Waals surface area contributed by atoms with Crippen LogP contribution in [-0.2, 0) is 0 Å². The van der Waals surface area contributed by atoms with E-state index >= 15 is 0 Å². The van der Waals surface area contributed by atoms with Crippen LogP contribution in [0.25, 0.3) is 10.6 Å². The zero-order valence-corrected chi connectivity index (χ0v) is 13.7. The molecule has 1 aromatic heterocycles. The van der Waals surface area contributed by atoms with Gasteiger partial charge in [-0.1, -0.05) is 26.0 Å². The largest absolute Gasteiger partial charge is 0.382 e. The highest BCUT2D eigenvalue weighted by Crippen LogP contribution is 2.32. The van der Waals surface area contributed by atoms with Crippen molar-refractivity contribution in [1.82, 2.24) is 4.98 Å². The summed E-state index contributed by atoms with van der Waals surface area (Å²) in [7, 11) is 0. The molecular weight excluding hydrogens is 276 g/mol. The van der Waals surface area contributed by atoms with Gasteiger partial charge in [-0.25, -0.2) is 4.98 Å². The second kappa shape index (κ2) is 6.61. The van der Waals surface area contributed by atoms with Gasteiger partial charge < -0.3 is 5.32 Å². The Kier molecular flexibility index (Phi) is 4.59. The Balaban J connectivity index is 1.62. The van der Waals surface area contributed by atoms with Crippen LogP contribution in [0.1, 0.15) is 39.5 Å². The second-order valence-corrected chi connectivity index (χ2v) is 7.31. The molecule has 2 nitrogen and oxygen atoms in total. The first-order valence-corrected chi connectivity index (χ1v) is 8.87. The molecule has 0 radical (unpaired) electrons. The van der Waals surface area contributed by atoms with E-state index in [4.69, 9.17) is 0 Å². The average Bonchev–Trinajstić information content (AvgIpc) is 3.02. The number of hydrogen-bond acceptors (Lipinski definition) is 3. The van der Waals surface area contributed by atoms with E-state index in [0.29, 0.717) is 6.04 Å². The van der Waals surface area contributed by atoms with E-state index in [1.807, 2.05) is 11.6 Å². The molecule has 1 saturated carbocycles. The molecule has 1 aromatic carbocycles. The van der Waals surface area contributed by atoms with E-state index in [1.165, 1.54) is 36.9 Å². The molecule has 0 saturated heterocycles. The van der Waals surface area contributed by atoms with Gasteiger partial charge in [0.15, 0.2) is 0 Å². The van der Waals surface area contributed by atoms with Gasteiger partial charge in [0.05, 0.1) is 0 Å². The summed E-state index contributed by atoms with van der Waals surface area (Å²) in [6.07, 6.45) is 7.19. The van der Waals surface area contributed by atoms with Crippen molar-refractivity contribution in [3.05, 3.63) is 35.8 Å². The van der Waals surface area contributed by atoms with Crippen LogP contribution >= 0.6 is 11.3 Å². The fourth-order valence-electron chi connectivity index (χ4n) is 3.27. The molecule has 0 aliphatic heterocycles. The molecule has 0 spiro atoms. The van der Waals surface area contributed by atoms with Crippen molar-refractivity contribution >= 4 is 17.0 Å². The summed E-state index contributed by atoms with van der Waals surface area (Å²) in [6, 6.07) is 9.30. The highest BCUT2D eigenvalue weighted by Gasteiger charge is 2.23. The summed E-state index contributed by atoms with van der Waals surface area (Å²) in [4.78, 5) is 4.39. The third-order valence-corrected chi connectivity index (χ3v) is 5.45. The van der Waals surface area contributed by atoms with E-state index in [1.54, 1.807) is 11.3 Å². The molecule has 1 aliphatic rings. The monoisotopic (exact) mass is 300 g/mol. The Morgan fingerprint density at radius 2 is 2.00 bits per heavy atom. The standard InChI is InChI=1S/C18H24N2S/c1-13(2)14-6-8-16(9-7-14)20-17-5-3-4-15(12-17)18-19-10-11-21-18/h3-5,10-14,16,20H,6-9H2,1-2H3. The van der Waals surface area contributed by atoms with Crippen LogP contribution in [0.2, 0.25) is 0 Å². The number of anilines is 1. The van der Waals surface area contributed by atoms with Crippen molar-refractivity contribution < 1.29 is 0 Å². The van der Waals surface area contributed by atoms with Crippen molar-refractivity contribution in [3.63, 3.8) is 0 Å². The first kappa shape index (κ1) is 14.6. The zero-order valence-electron chi connectivity index (χ0n) is 12.9. The molecule has 0 amide bonds. The number of nitrogens with one attached hydrogen (secondary N) is 1. The van der Waals surface area contributed by atoms with E-state index in [9.17, 15) is 0 Å². The van der Waals surface area contributed by atoms with Gasteiger partial charge in [0.25, 0.3) is 0 Å². The average molecular weight is 300 g/mol. The van der Waals surface area contributed by atoms with E-state index in [0.717, 1.165) is 16.8 Å². The molecule has 112 valence electrons. The molecule has 1 N–H and O–H groups in total. The Hall–Kier alpha value is -1.35. The Bertz CT molecular complexity index is 554. The predicted molar refractivity (Wildman–Crippen MR) is 91.8 cm³/mol. The van der Waals surface area contributed by atoms with E-state index in [2.05, 4.69) is 48.4 Å². The minimum atomic E-state index is 0.631. The van der Waals surface area contributed by atoms with Gasteiger partial charge in [0, 0.05) is 28.9 Å². The molecule has 1 heterocycles. The smallest absolute Gasteiger partial charge is 0.123 e. The third kappa shape index (κ3) is 3.65. The molecule has 21 heavy (non-hydrogen) atoms. The van der Waals surface area contributed by atoms with Crippen LogP contribution < -0.4 is 5.32 Å². The number of aromatic nitrogens is 1. The lowest BCUT2D eigenvalue weighted by molar-refractivity contribution is 0.267. The van der Waals surface area contributed by atoms with Crippen molar-refractivity contribution in [2.24, 2.45) is 11.8 Å². The predicted octanol–water partition coefficient (Wildman–Crippen LogP) is 5.44. The Labute approximate surface area is 131 Å². The summed E-state index contributed by atoms with van der Waals surface area (Å²) in [5, 5.41) is 6.85. The number of thiazole rings is 1. The fraction of sp³-hybridized carbons (Fsp3) is 0.500. The highest BCUT2D eigenvalue weighted by molar-refractivity contribution is 7.13. The first-order valence-electron chi connectivity index (χ1n) is 7.99. The van der Waals surface area contributed by atoms with Gasteiger partial charge in [-0.15, -0.1) is 11.3 Å². The van der Waals surface area contributed by atoms with Gasteiger partial charge in [-0.3, -0.25) is 0 Å². The number of benzene rings is 1. The minimum Gasteiger partial charge on any atom is -0.382 e. The lowest BCUT2D eigenvalue weighted by Gasteiger charge is -2.31. The summed E-state index contributed by atoms with van der Waals surface area (Å²) in [6.45, 7) is 4.71. The van der Waals surface area contributed by atoms with Crippen LogP contribution in [0.5, 0.6) is 0 Å². The maximum atomic E-state index is 4.39. The topological polar surface area (TPSA) is 24.9 Å². The first-order chi connectivity index (χ1) is 10.2. The lowest BCUT2D eigenvalue weighted by Crippen LogP contribution is -2.27. The molecule has 0 bridgehead atoms. The second-order valence-electron chi connectivity index (χ2n) is 6.42. The summed E-state index contributed by atoms with van der Waals surface area (Å²) >= 11 is 1.70. The zero-order chi connectivity index (χ0) is 14.7. The summed E-state index contributed by atoms with van der Waals surface area (Å²) in [5.74, 6) is 1.75. The van der Waals surface area contributed by atoms with Crippen LogP contribution in [0.3, 0.4) is 0 Å². The summed E-state index contributed by atoms with van der Waals surface area (Å²) in [5.41, 5.74) is 2.45. The molecule has 3 rings (SSSR count). The van der Waals surface area contributed by atoms with E-state index < -0.39 is 0 Å². The Morgan fingerprint density at radius 3 is 2.67 bits per heavy atom. The van der Waals surface area contributed by atoms with Crippen LogP contribution in [0, 0.1) is 11.8 Å².